The number of halogens is 2. The second-order valence-electron chi connectivity index (χ2n) is 3.37. The van der Waals surface area contributed by atoms with Gasteiger partial charge in [-0.25, -0.2) is 19.2 Å². The second kappa shape index (κ2) is 5.10. The molecular formula is C12H8ClFN2O2. The normalized spacial score (nSPS) is 10.2. The van der Waals surface area contributed by atoms with Crippen molar-refractivity contribution in [2.75, 3.05) is 7.11 Å². The molecule has 0 fully saturated rings. The van der Waals surface area contributed by atoms with Crippen molar-refractivity contribution < 1.29 is 13.9 Å². The molecule has 0 saturated carbocycles. The van der Waals surface area contributed by atoms with Gasteiger partial charge in [-0.15, -0.1) is 0 Å². The van der Waals surface area contributed by atoms with Gasteiger partial charge in [0.1, 0.15) is 5.69 Å². The molecule has 1 aromatic heterocycles. The molecular weight excluding hydrogens is 259 g/mol. The zero-order chi connectivity index (χ0) is 13.1. The monoisotopic (exact) mass is 266 g/mol. The minimum absolute atomic E-state index is 0.0315. The van der Waals surface area contributed by atoms with Crippen LogP contribution in [0.1, 0.15) is 10.4 Å². The standard InChI is InChI=1S/C12H8ClFN2O2/c1-18-11(17)8-5-3-2-4-7(8)10-9(14)6-15-12(13)16-10/h2-6H,1H3. The summed E-state index contributed by atoms with van der Waals surface area (Å²) in [6, 6.07) is 6.40. The summed E-state index contributed by atoms with van der Waals surface area (Å²) in [5.74, 6) is -1.23. The van der Waals surface area contributed by atoms with E-state index in [0.29, 0.717) is 5.56 Å². The van der Waals surface area contributed by atoms with Gasteiger partial charge in [0.2, 0.25) is 5.28 Å². The van der Waals surface area contributed by atoms with Crippen LogP contribution in [0.3, 0.4) is 0 Å². The number of carbonyl (C=O) groups excluding carboxylic acids is 1. The van der Waals surface area contributed by atoms with Gasteiger partial charge in [-0.3, -0.25) is 0 Å². The average molecular weight is 267 g/mol. The molecule has 2 rings (SSSR count). The van der Waals surface area contributed by atoms with E-state index in [9.17, 15) is 9.18 Å². The first-order chi connectivity index (χ1) is 8.63. The SMILES string of the molecule is COC(=O)c1ccccc1-c1nc(Cl)ncc1F. The Morgan fingerprint density at radius 3 is 2.83 bits per heavy atom. The molecule has 0 aliphatic rings. The molecule has 0 amide bonds. The Morgan fingerprint density at radius 1 is 1.39 bits per heavy atom. The van der Waals surface area contributed by atoms with Crippen molar-refractivity contribution in [1.29, 1.82) is 0 Å². The number of hydrogen-bond donors (Lipinski definition) is 0. The third-order valence-electron chi connectivity index (χ3n) is 2.30. The van der Waals surface area contributed by atoms with Gasteiger partial charge in [-0.1, -0.05) is 18.2 Å². The van der Waals surface area contributed by atoms with Gasteiger partial charge >= 0.3 is 5.97 Å². The van der Waals surface area contributed by atoms with Gasteiger partial charge in [0.15, 0.2) is 5.82 Å². The molecule has 0 atom stereocenters. The van der Waals surface area contributed by atoms with Gasteiger partial charge in [0, 0.05) is 5.56 Å². The number of benzene rings is 1. The van der Waals surface area contributed by atoms with Crippen molar-refractivity contribution in [2.45, 2.75) is 0 Å². The fourth-order valence-corrected chi connectivity index (χ4v) is 1.65. The predicted octanol–water partition coefficient (Wildman–Crippen LogP) is 2.72. The van der Waals surface area contributed by atoms with E-state index in [0.717, 1.165) is 6.20 Å². The van der Waals surface area contributed by atoms with E-state index in [1.165, 1.54) is 13.2 Å². The van der Waals surface area contributed by atoms with E-state index < -0.39 is 11.8 Å². The molecule has 6 heteroatoms. The third-order valence-corrected chi connectivity index (χ3v) is 2.48. The minimum Gasteiger partial charge on any atom is -0.465 e. The van der Waals surface area contributed by atoms with Crippen molar-refractivity contribution in [3.63, 3.8) is 0 Å². The van der Waals surface area contributed by atoms with E-state index in [1.807, 2.05) is 0 Å². The molecule has 1 heterocycles. The predicted molar refractivity (Wildman–Crippen MR) is 63.8 cm³/mol. The molecule has 92 valence electrons. The summed E-state index contributed by atoms with van der Waals surface area (Å²) in [7, 11) is 1.25. The largest absolute Gasteiger partial charge is 0.465 e. The van der Waals surface area contributed by atoms with Crippen LogP contribution in [-0.2, 0) is 4.74 Å². The van der Waals surface area contributed by atoms with E-state index >= 15 is 0 Å². The Hall–Kier alpha value is -2.01. The van der Waals surface area contributed by atoms with Crippen molar-refractivity contribution in [2.24, 2.45) is 0 Å². The first kappa shape index (κ1) is 12.4. The van der Waals surface area contributed by atoms with Gasteiger partial charge in [0.25, 0.3) is 0 Å². The van der Waals surface area contributed by atoms with E-state index in [-0.39, 0.29) is 16.5 Å². The highest BCUT2D eigenvalue weighted by atomic mass is 35.5. The first-order valence-electron chi connectivity index (χ1n) is 4.99. The number of methoxy groups -OCH3 is 1. The first-order valence-corrected chi connectivity index (χ1v) is 5.37. The lowest BCUT2D eigenvalue weighted by molar-refractivity contribution is 0.0601. The average Bonchev–Trinajstić information content (AvgIpc) is 2.40. The summed E-state index contributed by atoms with van der Waals surface area (Å²) in [6.07, 6.45) is 0.957. The van der Waals surface area contributed by atoms with Crippen molar-refractivity contribution in [3.05, 3.63) is 47.1 Å². The van der Waals surface area contributed by atoms with Gasteiger partial charge in [-0.2, -0.15) is 0 Å². The fourth-order valence-electron chi connectivity index (χ4n) is 1.51. The lowest BCUT2D eigenvalue weighted by Gasteiger charge is -2.07. The number of nitrogens with zero attached hydrogens (tertiary/aromatic N) is 2. The summed E-state index contributed by atoms with van der Waals surface area (Å²) >= 11 is 5.63. The number of ether oxygens (including phenoxy) is 1. The maximum Gasteiger partial charge on any atom is 0.338 e. The Balaban J connectivity index is 2.64. The molecule has 18 heavy (non-hydrogen) atoms. The van der Waals surface area contributed by atoms with Crippen LogP contribution in [0.25, 0.3) is 11.3 Å². The molecule has 0 radical (unpaired) electrons. The summed E-state index contributed by atoms with van der Waals surface area (Å²) in [4.78, 5) is 18.9. The van der Waals surface area contributed by atoms with Gasteiger partial charge in [-0.05, 0) is 17.7 Å². The van der Waals surface area contributed by atoms with Crippen LogP contribution in [0, 0.1) is 5.82 Å². The summed E-state index contributed by atoms with van der Waals surface area (Å²) in [5, 5.41) is -0.0916. The highest BCUT2D eigenvalue weighted by molar-refractivity contribution is 6.28. The maximum atomic E-state index is 13.7. The van der Waals surface area contributed by atoms with Gasteiger partial charge in [0.05, 0.1) is 18.9 Å². The maximum absolute atomic E-state index is 13.7. The molecule has 0 aliphatic carbocycles. The molecule has 2 aromatic rings. The molecule has 0 aliphatic heterocycles. The lowest BCUT2D eigenvalue weighted by atomic mass is 10.0. The Morgan fingerprint density at radius 2 is 2.11 bits per heavy atom. The quantitative estimate of drug-likeness (QED) is 0.619. The number of aromatic nitrogens is 2. The van der Waals surface area contributed by atoms with Crippen molar-refractivity contribution >= 4 is 17.6 Å². The van der Waals surface area contributed by atoms with Crippen LogP contribution in [0.4, 0.5) is 4.39 Å². The summed E-state index contributed by atoms with van der Waals surface area (Å²) in [5.41, 5.74) is 0.496. The summed E-state index contributed by atoms with van der Waals surface area (Å²) in [6.45, 7) is 0. The lowest BCUT2D eigenvalue weighted by Crippen LogP contribution is -2.05. The Kier molecular flexibility index (Phi) is 3.53. The molecule has 1 aromatic carbocycles. The summed E-state index contributed by atoms with van der Waals surface area (Å²) < 4.78 is 18.3. The Bertz CT molecular complexity index is 604. The van der Waals surface area contributed by atoms with Crippen LogP contribution in [0.5, 0.6) is 0 Å². The third kappa shape index (κ3) is 2.31. The second-order valence-corrected chi connectivity index (χ2v) is 3.71. The topological polar surface area (TPSA) is 52.1 Å². The minimum atomic E-state index is -0.657. The van der Waals surface area contributed by atoms with Crippen molar-refractivity contribution in [1.82, 2.24) is 9.97 Å². The molecule has 4 nitrogen and oxygen atoms in total. The molecule has 0 unspecified atom stereocenters. The van der Waals surface area contributed by atoms with Crippen LogP contribution in [-0.4, -0.2) is 23.0 Å². The smallest absolute Gasteiger partial charge is 0.338 e. The van der Waals surface area contributed by atoms with Crippen molar-refractivity contribution in [3.8, 4) is 11.3 Å². The molecule has 0 saturated heterocycles. The number of hydrogen-bond acceptors (Lipinski definition) is 4. The highest BCUT2D eigenvalue weighted by Crippen LogP contribution is 2.25. The van der Waals surface area contributed by atoms with E-state index in [4.69, 9.17) is 11.6 Å². The van der Waals surface area contributed by atoms with Crippen LogP contribution in [0.15, 0.2) is 30.5 Å². The van der Waals surface area contributed by atoms with E-state index in [1.54, 1.807) is 18.2 Å². The fraction of sp³-hybridized carbons (Fsp3) is 0.0833. The van der Waals surface area contributed by atoms with Gasteiger partial charge < -0.3 is 4.74 Å². The number of esters is 1. The molecule has 0 bridgehead atoms. The molecule has 0 N–H and O–H groups in total. The highest BCUT2D eigenvalue weighted by Gasteiger charge is 2.17. The van der Waals surface area contributed by atoms with Crippen LogP contribution < -0.4 is 0 Å². The Labute approximate surface area is 107 Å². The zero-order valence-electron chi connectivity index (χ0n) is 9.35. The number of rotatable bonds is 2. The zero-order valence-corrected chi connectivity index (χ0v) is 10.1. The molecule has 0 spiro atoms. The van der Waals surface area contributed by atoms with Crippen LogP contribution >= 0.6 is 11.6 Å². The van der Waals surface area contributed by atoms with E-state index in [2.05, 4.69) is 14.7 Å². The number of carbonyl (C=O) groups is 1. The van der Waals surface area contributed by atoms with Crippen LogP contribution in [0.2, 0.25) is 5.28 Å².